The van der Waals surface area contributed by atoms with E-state index in [1.54, 1.807) is 24.3 Å². The highest BCUT2D eigenvalue weighted by Crippen LogP contribution is 2.16. The first-order chi connectivity index (χ1) is 8.31. The van der Waals surface area contributed by atoms with Crippen LogP contribution < -0.4 is 0 Å². The van der Waals surface area contributed by atoms with Gasteiger partial charge in [-0.15, -0.1) is 5.06 Å². The summed E-state index contributed by atoms with van der Waals surface area (Å²) in [4.78, 5) is 27.9. The van der Waals surface area contributed by atoms with Crippen LogP contribution in [0, 0.1) is 0 Å². The highest BCUT2D eigenvalue weighted by atomic mass is 16.7. The maximum absolute atomic E-state index is 11.8. The Hall–Kier alpha value is -1.68. The predicted octanol–water partition coefficient (Wildman–Crippen LogP) is 1.81. The van der Waals surface area contributed by atoms with Gasteiger partial charge in [-0.05, 0) is 31.4 Å². The van der Waals surface area contributed by atoms with Crippen molar-refractivity contribution in [3.8, 4) is 0 Å². The SMILES string of the molecule is O=CC1CCCCN1OC(=O)c1ccccc1. The first-order valence-corrected chi connectivity index (χ1v) is 5.80. The molecule has 0 N–H and O–H groups in total. The molecule has 4 heteroatoms. The summed E-state index contributed by atoms with van der Waals surface area (Å²) in [6, 6.07) is 8.50. The zero-order chi connectivity index (χ0) is 12.1. The lowest BCUT2D eigenvalue weighted by Crippen LogP contribution is -2.41. The highest BCUT2D eigenvalue weighted by molar-refractivity contribution is 5.89. The van der Waals surface area contributed by atoms with Gasteiger partial charge in [0, 0.05) is 6.54 Å². The van der Waals surface area contributed by atoms with E-state index in [1.807, 2.05) is 6.07 Å². The van der Waals surface area contributed by atoms with Crippen LogP contribution >= 0.6 is 0 Å². The molecular formula is C13H15NO3. The minimum atomic E-state index is -0.403. The van der Waals surface area contributed by atoms with Gasteiger partial charge in [0.2, 0.25) is 0 Å². The van der Waals surface area contributed by atoms with Gasteiger partial charge in [0.05, 0.1) is 5.56 Å². The second-order valence-corrected chi connectivity index (χ2v) is 4.08. The molecule has 1 saturated heterocycles. The molecular weight excluding hydrogens is 218 g/mol. The maximum atomic E-state index is 11.8. The molecule has 90 valence electrons. The molecule has 1 unspecified atom stereocenters. The lowest BCUT2D eigenvalue weighted by Gasteiger charge is -2.30. The number of hydrogen-bond acceptors (Lipinski definition) is 4. The van der Waals surface area contributed by atoms with Crippen LogP contribution in [0.15, 0.2) is 30.3 Å². The topological polar surface area (TPSA) is 46.6 Å². The predicted molar refractivity (Wildman–Crippen MR) is 62.3 cm³/mol. The first-order valence-electron chi connectivity index (χ1n) is 5.80. The van der Waals surface area contributed by atoms with Crippen LogP contribution in [0.4, 0.5) is 0 Å². The molecule has 1 aromatic rings. The number of benzene rings is 1. The van der Waals surface area contributed by atoms with Crippen molar-refractivity contribution in [2.75, 3.05) is 6.54 Å². The van der Waals surface area contributed by atoms with E-state index in [9.17, 15) is 9.59 Å². The Morgan fingerprint density at radius 1 is 1.29 bits per heavy atom. The summed E-state index contributed by atoms with van der Waals surface area (Å²) < 4.78 is 0. The summed E-state index contributed by atoms with van der Waals surface area (Å²) in [5, 5.41) is 1.49. The van der Waals surface area contributed by atoms with Crippen molar-refractivity contribution in [3.05, 3.63) is 35.9 Å². The van der Waals surface area contributed by atoms with Gasteiger partial charge in [0.15, 0.2) is 0 Å². The molecule has 0 bridgehead atoms. The van der Waals surface area contributed by atoms with Gasteiger partial charge >= 0.3 is 5.97 Å². The Morgan fingerprint density at radius 2 is 2.06 bits per heavy atom. The molecule has 17 heavy (non-hydrogen) atoms. The van der Waals surface area contributed by atoms with Crippen LogP contribution in [0.25, 0.3) is 0 Å². The Kier molecular flexibility index (Phi) is 3.88. The summed E-state index contributed by atoms with van der Waals surface area (Å²) in [7, 11) is 0. The van der Waals surface area contributed by atoms with Crippen molar-refractivity contribution < 1.29 is 14.4 Å². The van der Waals surface area contributed by atoms with Gasteiger partial charge in [0.1, 0.15) is 12.3 Å². The summed E-state index contributed by atoms with van der Waals surface area (Å²) in [5.74, 6) is -0.403. The third kappa shape index (κ3) is 2.91. The summed E-state index contributed by atoms with van der Waals surface area (Å²) in [6.45, 7) is 0.627. The molecule has 1 aliphatic heterocycles. The monoisotopic (exact) mass is 233 g/mol. The maximum Gasteiger partial charge on any atom is 0.357 e. The van der Waals surface area contributed by atoms with Crippen molar-refractivity contribution in [2.45, 2.75) is 25.3 Å². The summed E-state index contributed by atoms with van der Waals surface area (Å²) >= 11 is 0. The van der Waals surface area contributed by atoms with Crippen LogP contribution in [0.3, 0.4) is 0 Å². The van der Waals surface area contributed by atoms with E-state index in [0.717, 1.165) is 25.5 Å². The number of carbonyl (C=O) groups is 2. The minimum absolute atomic E-state index is 0.295. The van der Waals surface area contributed by atoms with Crippen LogP contribution in [-0.4, -0.2) is 29.9 Å². The molecule has 4 nitrogen and oxygen atoms in total. The second kappa shape index (κ2) is 5.59. The molecule has 0 aliphatic carbocycles. The van der Waals surface area contributed by atoms with Gasteiger partial charge in [-0.2, -0.15) is 0 Å². The van der Waals surface area contributed by atoms with Crippen molar-refractivity contribution in [1.82, 2.24) is 5.06 Å². The van der Waals surface area contributed by atoms with Gasteiger partial charge in [-0.25, -0.2) is 4.79 Å². The minimum Gasteiger partial charge on any atom is -0.363 e. The molecule has 1 aliphatic rings. The van der Waals surface area contributed by atoms with Crippen molar-refractivity contribution in [1.29, 1.82) is 0 Å². The van der Waals surface area contributed by atoms with Gasteiger partial charge in [0.25, 0.3) is 0 Å². The van der Waals surface area contributed by atoms with Crippen LogP contribution in [0.2, 0.25) is 0 Å². The molecule has 0 saturated carbocycles. The average molecular weight is 233 g/mol. The van der Waals surface area contributed by atoms with Crippen molar-refractivity contribution in [3.63, 3.8) is 0 Å². The molecule has 0 amide bonds. The highest BCUT2D eigenvalue weighted by Gasteiger charge is 2.25. The largest absolute Gasteiger partial charge is 0.363 e. The molecule has 2 rings (SSSR count). The first kappa shape index (κ1) is 11.8. The molecule has 1 heterocycles. The number of rotatable bonds is 3. The quantitative estimate of drug-likeness (QED) is 0.747. The van der Waals surface area contributed by atoms with E-state index in [0.29, 0.717) is 12.1 Å². The van der Waals surface area contributed by atoms with Gasteiger partial charge in [-0.1, -0.05) is 18.2 Å². The third-order valence-corrected chi connectivity index (χ3v) is 2.87. The van der Waals surface area contributed by atoms with Crippen LogP contribution in [-0.2, 0) is 9.63 Å². The van der Waals surface area contributed by atoms with Crippen LogP contribution in [0.5, 0.6) is 0 Å². The molecule has 0 aromatic heterocycles. The number of nitrogens with zero attached hydrogens (tertiary/aromatic N) is 1. The number of carbonyl (C=O) groups excluding carboxylic acids is 2. The Balaban J connectivity index is 2.00. The van der Waals surface area contributed by atoms with Gasteiger partial charge < -0.3 is 9.63 Å². The lowest BCUT2D eigenvalue weighted by molar-refractivity contribution is -0.156. The van der Waals surface area contributed by atoms with Crippen molar-refractivity contribution in [2.24, 2.45) is 0 Å². The number of hydrogen-bond donors (Lipinski definition) is 0. The van der Waals surface area contributed by atoms with Crippen LogP contribution in [0.1, 0.15) is 29.6 Å². The van der Waals surface area contributed by atoms with E-state index in [1.165, 1.54) is 5.06 Å². The van der Waals surface area contributed by atoms with E-state index in [2.05, 4.69) is 0 Å². The Bertz CT molecular complexity index is 391. The fourth-order valence-corrected chi connectivity index (χ4v) is 1.91. The Labute approximate surface area is 100 Å². The second-order valence-electron chi connectivity index (χ2n) is 4.08. The fraction of sp³-hybridized carbons (Fsp3) is 0.385. The standard InChI is InChI=1S/C13H15NO3/c15-10-12-8-4-5-9-14(12)17-13(16)11-6-2-1-3-7-11/h1-3,6-7,10,12H,4-5,8-9H2. The molecule has 0 radical (unpaired) electrons. The molecule has 1 atom stereocenters. The Morgan fingerprint density at radius 3 is 2.76 bits per heavy atom. The van der Waals surface area contributed by atoms with Crippen molar-refractivity contribution >= 4 is 12.3 Å². The smallest absolute Gasteiger partial charge is 0.357 e. The van der Waals surface area contributed by atoms with E-state index in [-0.39, 0.29) is 6.04 Å². The normalized spacial score (nSPS) is 20.8. The average Bonchev–Trinajstić information content (AvgIpc) is 2.40. The summed E-state index contributed by atoms with van der Waals surface area (Å²) in [5.41, 5.74) is 0.503. The molecule has 0 spiro atoms. The van der Waals surface area contributed by atoms with E-state index >= 15 is 0 Å². The fourth-order valence-electron chi connectivity index (χ4n) is 1.91. The number of piperidine rings is 1. The zero-order valence-corrected chi connectivity index (χ0v) is 9.54. The van der Waals surface area contributed by atoms with E-state index < -0.39 is 5.97 Å². The zero-order valence-electron chi connectivity index (χ0n) is 9.54. The van der Waals surface area contributed by atoms with E-state index in [4.69, 9.17) is 4.84 Å². The number of aldehydes is 1. The number of hydroxylamine groups is 2. The molecule has 1 aromatic carbocycles. The molecule has 1 fully saturated rings. The van der Waals surface area contributed by atoms with Gasteiger partial charge in [-0.3, -0.25) is 0 Å². The third-order valence-electron chi connectivity index (χ3n) is 2.87. The lowest BCUT2D eigenvalue weighted by atomic mass is 10.1. The summed E-state index contributed by atoms with van der Waals surface area (Å²) in [6.07, 6.45) is 3.55.